The average Bonchev–Trinajstić information content (AvgIpc) is 2.75. The molecule has 15 nitrogen and oxygen atoms in total. The van der Waals surface area contributed by atoms with Crippen LogP contribution in [-0.4, -0.2) is 100 Å². The SMILES string of the molecule is CSCCC(NC(=O)C(CCCN=C(N)N)NC(=O)C(CO)NC(=O)C(N)CC(=O)O)C(=O)O. The summed E-state index contributed by atoms with van der Waals surface area (Å²) in [5.41, 5.74) is 15.9. The quantitative estimate of drug-likeness (QED) is 0.0519. The Kier molecular flexibility index (Phi) is 15.0. The number of carboxylic acids is 2. The third-order valence-electron chi connectivity index (χ3n) is 4.35. The highest BCUT2D eigenvalue weighted by Crippen LogP contribution is 2.05. The van der Waals surface area contributed by atoms with Crippen LogP contribution in [0.4, 0.5) is 0 Å². The zero-order valence-electron chi connectivity index (χ0n) is 18.7. The molecule has 0 heterocycles. The molecule has 0 spiro atoms. The minimum atomic E-state index is -1.54. The minimum Gasteiger partial charge on any atom is -0.481 e. The highest BCUT2D eigenvalue weighted by molar-refractivity contribution is 7.98. The summed E-state index contributed by atoms with van der Waals surface area (Å²) in [6.45, 7) is -0.744. The molecule has 0 bridgehead atoms. The predicted octanol–water partition coefficient (Wildman–Crippen LogP) is -3.87. The second-order valence-corrected chi connectivity index (χ2v) is 8.12. The summed E-state index contributed by atoms with van der Waals surface area (Å²) in [4.78, 5) is 63.2. The first kappa shape index (κ1) is 30.9. The number of nitrogens with two attached hydrogens (primary N) is 3. The van der Waals surface area contributed by atoms with Crippen molar-refractivity contribution in [2.24, 2.45) is 22.2 Å². The van der Waals surface area contributed by atoms with Gasteiger partial charge in [0.2, 0.25) is 17.7 Å². The van der Waals surface area contributed by atoms with Crippen molar-refractivity contribution in [3.8, 4) is 0 Å². The van der Waals surface area contributed by atoms with E-state index in [1.165, 1.54) is 11.8 Å². The van der Waals surface area contributed by atoms with E-state index in [9.17, 15) is 34.2 Å². The number of guanidine groups is 1. The Bertz CT molecular complexity index is 748. The van der Waals surface area contributed by atoms with Gasteiger partial charge in [0.15, 0.2) is 5.96 Å². The van der Waals surface area contributed by atoms with Crippen LogP contribution < -0.4 is 33.2 Å². The number of carboxylic acid groups (broad SMARTS) is 2. The zero-order chi connectivity index (χ0) is 26.3. The standard InChI is InChI=1S/C18H33N7O8S/c1-34-6-4-11(17(32)33)24-15(30)10(3-2-5-22-18(20)21)23-16(31)12(8-26)25-14(29)9(19)7-13(27)28/h9-12,26H,2-8,19H2,1H3,(H,23,31)(H,24,30)(H,25,29)(H,27,28)(H,32,33)(H4,20,21,22). The van der Waals surface area contributed by atoms with E-state index in [4.69, 9.17) is 22.3 Å². The monoisotopic (exact) mass is 507 g/mol. The van der Waals surface area contributed by atoms with Gasteiger partial charge in [-0.2, -0.15) is 11.8 Å². The first-order valence-electron chi connectivity index (χ1n) is 10.2. The number of amides is 3. The Morgan fingerprint density at radius 2 is 1.47 bits per heavy atom. The Hall–Kier alpha value is -3.11. The number of carbonyl (C=O) groups is 5. The Morgan fingerprint density at radius 1 is 0.912 bits per heavy atom. The number of nitrogens with one attached hydrogen (secondary N) is 3. The molecule has 4 unspecified atom stereocenters. The van der Waals surface area contributed by atoms with Gasteiger partial charge in [-0.15, -0.1) is 0 Å². The largest absolute Gasteiger partial charge is 0.481 e. The lowest BCUT2D eigenvalue weighted by Gasteiger charge is -2.24. The molecule has 3 amide bonds. The van der Waals surface area contributed by atoms with Gasteiger partial charge in [-0.25, -0.2) is 4.79 Å². The molecule has 34 heavy (non-hydrogen) atoms. The molecule has 194 valence electrons. The van der Waals surface area contributed by atoms with Gasteiger partial charge >= 0.3 is 11.9 Å². The molecule has 0 aliphatic rings. The van der Waals surface area contributed by atoms with Gasteiger partial charge in [-0.05, 0) is 31.3 Å². The average molecular weight is 508 g/mol. The molecular weight excluding hydrogens is 474 g/mol. The fraction of sp³-hybridized carbons (Fsp3) is 0.667. The fourth-order valence-electron chi connectivity index (χ4n) is 2.56. The normalized spacial score (nSPS) is 14.1. The van der Waals surface area contributed by atoms with E-state index in [0.29, 0.717) is 5.75 Å². The molecule has 16 heteroatoms. The molecule has 0 saturated heterocycles. The molecule has 0 fully saturated rings. The Labute approximate surface area is 200 Å². The minimum absolute atomic E-state index is 0.00778. The number of thioether (sulfide) groups is 1. The van der Waals surface area contributed by atoms with Crippen molar-refractivity contribution in [2.45, 2.75) is 49.9 Å². The summed E-state index contributed by atoms with van der Waals surface area (Å²) in [6.07, 6.45) is 1.47. The van der Waals surface area contributed by atoms with Gasteiger partial charge in [-0.3, -0.25) is 24.2 Å². The number of aliphatic hydroxyl groups excluding tert-OH is 1. The Morgan fingerprint density at radius 3 is 1.97 bits per heavy atom. The number of hydrogen-bond acceptors (Lipinski definition) is 9. The van der Waals surface area contributed by atoms with E-state index in [1.807, 2.05) is 0 Å². The summed E-state index contributed by atoms with van der Waals surface area (Å²) in [7, 11) is 0. The summed E-state index contributed by atoms with van der Waals surface area (Å²) >= 11 is 1.39. The number of aliphatic carboxylic acids is 2. The summed E-state index contributed by atoms with van der Waals surface area (Å²) < 4.78 is 0. The van der Waals surface area contributed by atoms with E-state index in [1.54, 1.807) is 6.26 Å². The topological polar surface area (TPSA) is 273 Å². The van der Waals surface area contributed by atoms with Crippen LogP contribution in [0, 0.1) is 0 Å². The number of rotatable bonds is 17. The van der Waals surface area contributed by atoms with Gasteiger partial charge in [-0.1, -0.05) is 0 Å². The second-order valence-electron chi connectivity index (χ2n) is 7.14. The zero-order valence-corrected chi connectivity index (χ0v) is 19.5. The smallest absolute Gasteiger partial charge is 0.326 e. The lowest BCUT2D eigenvalue weighted by Crippen LogP contribution is -2.58. The van der Waals surface area contributed by atoms with Crippen molar-refractivity contribution in [3.05, 3.63) is 0 Å². The van der Waals surface area contributed by atoms with E-state index >= 15 is 0 Å². The molecular formula is C18H33N7O8S. The maximum atomic E-state index is 12.7. The third kappa shape index (κ3) is 12.8. The molecule has 0 radical (unpaired) electrons. The van der Waals surface area contributed by atoms with Crippen LogP contribution in [0.1, 0.15) is 25.7 Å². The maximum absolute atomic E-state index is 12.7. The summed E-state index contributed by atoms with van der Waals surface area (Å²) in [5, 5.41) is 34.4. The Balaban J connectivity index is 5.38. The van der Waals surface area contributed by atoms with Gasteiger partial charge < -0.3 is 48.5 Å². The van der Waals surface area contributed by atoms with Crippen molar-refractivity contribution in [3.63, 3.8) is 0 Å². The van der Waals surface area contributed by atoms with Crippen molar-refractivity contribution in [1.29, 1.82) is 0 Å². The lowest BCUT2D eigenvalue weighted by molar-refractivity contribution is -0.142. The molecule has 0 aromatic heterocycles. The van der Waals surface area contributed by atoms with Crippen LogP contribution >= 0.6 is 11.8 Å². The fourth-order valence-corrected chi connectivity index (χ4v) is 3.04. The first-order valence-corrected chi connectivity index (χ1v) is 11.6. The van der Waals surface area contributed by atoms with Crippen LogP contribution in [0.2, 0.25) is 0 Å². The van der Waals surface area contributed by atoms with Gasteiger partial charge in [0, 0.05) is 6.54 Å². The first-order chi connectivity index (χ1) is 15.9. The van der Waals surface area contributed by atoms with Crippen LogP contribution in [0.25, 0.3) is 0 Å². The molecule has 0 aromatic rings. The van der Waals surface area contributed by atoms with Gasteiger partial charge in [0.05, 0.1) is 19.1 Å². The highest BCUT2D eigenvalue weighted by atomic mass is 32.2. The predicted molar refractivity (Wildman–Crippen MR) is 124 cm³/mol. The van der Waals surface area contributed by atoms with E-state index < -0.39 is 66.9 Å². The van der Waals surface area contributed by atoms with Gasteiger partial charge in [0.25, 0.3) is 0 Å². The number of aliphatic imine (C=N–C) groups is 1. The van der Waals surface area contributed by atoms with Crippen LogP contribution in [0.15, 0.2) is 4.99 Å². The van der Waals surface area contributed by atoms with E-state index in [-0.39, 0.29) is 31.8 Å². The molecule has 0 aromatic carbocycles. The molecule has 4 atom stereocenters. The van der Waals surface area contributed by atoms with Crippen LogP contribution in [0.3, 0.4) is 0 Å². The van der Waals surface area contributed by atoms with E-state index in [0.717, 1.165) is 0 Å². The summed E-state index contributed by atoms with van der Waals surface area (Å²) in [6, 6.07) is -5.44. The lowest BCUT2D eigenvalue weighted by atomic mass is 10.1. The number of nitrogens with zero attached hydrogens (tertiary/aromatic N) is 1. The molecule has 0 saturated carbocycles. The molecule has 0 aliphatic heterocycles. The number of carbonyl (C=O) groups excluding carboxylic acids is 3. The number of hydrogen-bond donors (Lipinski definition) is 9. The number of aliphatic hydroxyl groups is 1. The van der Waals surface area contributed by atoms with Crippen molar-refractivity contribution in [1.82, 2.24) is 16.0 Å². The maximum Gasteiger partial charge on any atom is 0.326 e. The molecule has 0 aliphatic carbocycles. The van der Waals surface area contributed by atoms with Crippen LogP contribution in [0.5, 0.6) is 0 Å². The van der Waals surface area contributed by atoms with Crippen LogP contribution in [-0.2, 0) is 24.0 Å². The van der Waals surface area contributed by atoms with Gasteiger partial charge in [0.1, 0.15) is 18.1 Å². The van der Waals surface area contributed by atoms with Crippen molar-refractivity contribution >= 4 is 47.4 Å². The van der Waals surface area contributed by atoms with Crippen molar-refractivity contribution < 1.29 is 39.3 Å². The molecule has 12 N–H and O–H groups in total. The van der Waals surface area contributed by atoms with Crippen molar-refractivity contribution in [2.75, 3.05) is 25.2 Å². The summed E-state index contributed by atoms with van der Waals surface area (Å²) in [5.74, 6) is -5.04. The highest BCUT2D eigenvalue weighted by Gasteiger charge is 2.30. The second kappa shape index (κ2) is 16.5. The molecule has 0 rings (SSSR count). The third-order valence-corrected chi connectivity index (χ3v) is 4.99. The van der Waals surface area contributed by atoms with E-state index in [2.05, 4.69) is 20.9 Å².